The van der Waals surface area contributed by atoms with E-state index in [0.717, 1.165) is 5.56 Å². The van der Waals surface area contributed by atoms with Crippen molar-refractivity contribution in [2.45, 2.75) is 25.9 Å². The summed E-state index contributed by atoms with van der Waals surface area (Å²) in [6.45, 7) is 2.59. The van der Waals surface area contributed by atoms with E-state index in [2.05, 4.69) is 11.4 Å². The van der Waals surface area contributed by atoms with E-state index < -0.39 is 0 Å². The van der Waals surface area contributed by atoms with Crippen LogP contribution in [0.4, 0.5) is 0 Å². The molecule has 0 amide bonds. The highest BCUT2D eigenvalue weighted by atomic mass is 35.5. The lowest BCUT2D eigenvalue weighted by molar-refractivity contribution is 0.557. The molecule has 0 spiro atoms. The lowest BCUT2D eigenvalue weighted by Crippen LogP contribution is -2.24. The Morgan fingerprint density at radius 3 is 2.87 bits per heavy atom. The molecular weight excluding hydrogens is 231 g/mol. The van der Waals surface area contributed by atoms with E-state index in [0.29, 0.717) is 23.0 Å². The lowest BCUT2D eigenvalue weighted by atomic mass is 10.2. The van der Waals surface area contributed by atoms with E-state index in [4.69, 9.17) is 28.5 Å². The SMILES string of the molecule is CC(CC#N)NCc1cc(Cl)ccc1Cl. The molecule has 0 aliphatic carbocycles. The van der Waals surface area contributed by atoms with Crippen LogP contribution in [0, 0.1) is 11.3 Å². The third-order valence-corrected chi connectivity index (χ3v) is 2.65. The molecule has 80 valence electrons. The van der Waals surface area contributed by atoms with Crippen LogP contribution in [-0.2, 0) is 6.54 Å². The molecule has 0 aliphatic rings. The van der Waals surface area contributed by atoms with Gasteiger partial charge in [-0.15, -0.1) is 0 Å². The Morgan fingerprint density at radius 1 is 1.47 bits per heavy atom. The van der Waals surface area contributed by atoms with Crippen molar-refractivity contribution in [2.75, 3.05) is 0 Å². The molecule has 1 aromatic rings. The van der Waals surface area contributed by atoms with Crippen LogP contribution in [0.25, 0.3) is 0 Å². The van der Waals surface area contributed by atoms with E-state index in [-0.39, 0.29) is 6.04 Å². The minimum Gasteiger partial charge on any atom is -0.309 e. The van der Waals surface area contributed by atoms with Gasteiger partial charge in [0.1, 0.15) is 0 Å². The summed E-state index contributed by atoms with van der Waals surface area (Å²) in [5.41, 5.74) is 0.953. The first-order valence-electron chi connectivity index (χ1n) is 4.67. The molecule has 0 fully saturated rings. The molecule has 0 radical (unpaired) electrons. The van der Waals surface area contributed by atoms with Gasteiger partial charge in [0.05, 0.1) is 12.5 Å². The number of hydrogen-bond donors (Lipinski definition) is 1. The summed E-state index contributed by atoms with van der Waals surface area (Å²) >= 11 is 11.8. The summed E-state index contributed by atoms with van der Waals surface area (Å²) in [6.07, 6.45) is 0.484. The van der Waals surface area contributed by atoms with Crippen molar-refractivity contribution < 1.29 is 0 Å². The van der Waals surface area contributed by atoms with Gasteiger partial charge in [0.2, 0.25) is 0 Å². The van der Waals surface area contributed by atoms with Crippen LogP contribution in [0.5, 0.6) is 0 Å². The van der Waals surface area contributed by atoms with Crippen LogP contribution in [0.2, 0.25) is 10.0 Å². The summed E-state index contributed by atoms with van der Waals surface area (Å²) in [4.78, 5) is 0. The molecule has 0 bridgehead atoms. The quantitative estimate of drug-likeness (QED) is 0.879. The lowest BCUT2D eigenvalue weighted by Gasteiger charge is -2.11. The molecule has 0 aromatic heterocycles. The first-order chi connectivity index (χ1) is 7.13. The van der Waals surface area contributed by atoms with Crippen molar-refractivity contribution in [3.8, 4) is 6.07 Å². The zero-order valence-electron chi connectivity index (χ0n) is 8.43. The maximum Gasteiger partial charge on any atom is 0.0638 e. The fourth-order valence-electron chi connectivity index (χ4n) is 1.17. The van der Waals surface area contributed by atoms with Gasteiger partial charge in [-0.1, -0.05) is 23.2 Å². The van der Waals surface area contributed by atoms with Gasteiger partial charge >= 0.3 is 0 Å². The second kappa shape index (κ2) is 5.97. The average molecular weight is 243 g/mol. The molecule has 1 N–H and O–H groups in total. The van der Waals surface area contributed by atoms with Crippen LogP contribution in [0.3, 0.4) is 0 Å². The van der Waals surface area contributed by atoms with E-state index in [1.54, 1.807) is 12.1 Å². The number of benzene rings is 1. The van der Waals surface area contributed by atoms with Crippen LogP contribution in [0.1, 0.15) is 18.9 Å². The zero-order valence-corrected chi connectivity index (χ0v) is 9.94. The number of halogens is 2. The van der Waals surface area contributed by atoms with Crippen LogP contribution >= 0.6 is 23.2 Å². The highest BCUT2D eigenvalue weighted by molar-refractivity contribution is 6.33. The molecule has 1 rings (SSSR count). The van der Waals surface area contributed by atoms with Gasteiger partial charge in [0.25, 0.3) is 0 Å². The smallest absolute Gasteiger partial charge is 0.0638 e. The molecule has 15 heavy (non-hydrogen) atoms. The Hall–Kier alpha value is -0.750. The normalized spacial score (nSPS) is 12.1. The molecular formula is C11H12Cl2N2. The fourth-order valence-corrected chi connectivity index (χ4v) is 1.55. The van der Waals surface area contributed by atoms with Crippen molar-refractivity contribution in [1.29, 1.82) is 5.26 Å². The van der Waals surface area contributed by atoms with Crippen LogP contribution in [-0.4, -0.2) is 6.04 Å². The van der Waals surface area contributed by atoms with Gasteiger partial charge in [-0.25, -0.2) is 0 Å². The fraction of sp³-hybridized carbons (Fsp3) is 0.364. The molecule has 0 saturated carbocycles. The topological polar surface area (TPSA) is 35.8 Å². The monoisotopic (exact) mass is 242 g/mol. The van der Waals surface area contributed by atoms with Crippen molar-refractivity contribution in [2.24, 2.45) is 0 Å². The highest BCUT2D eigenvalue weighted by Gasteiger charge is 2.04. The minimum absolute atomic E-state index is 0.157. The molecule has 0 saturated heterocycles. The molecule has 1 aromatic carbocycles. The van der Waals surface area contributed by atoms with E-state index in [1.165, 1.54) is 0 Å². The minimum atomic E-state index is 0.157. The van der Waals surface area contributed by atoms with Crippen molar-refractivity contribution >= 4 is 23.2 Å². The largest absolute Gasteiger partial charge is 0.309 e. The number of rotatable bonds is 4. The van der Waals surface area contributed by atoms with Gasteiger partial charge in [0, 0.05) is 22.6 Å². The van der Waals surface area contributed by atoms with Gasteiger partial charge in [-0.2, -0.15) is 5.26 Å². The van der Waals surface area contributed by atoms with E-state index in [9.17, 15) is 0 Å². The number of nitrogens with zero attached hydrogens (tertiary/aromatic N) is 1. The molecule has 1 atom stereocenters. The first-order valence-corrected chi connectivity index (χ1v) is 5.43. The van der Waals surface area contributed by atoms with Crippen LogP contribution in [0.15, 0.2) is 18.2 Å². The van der Waals surface area contributed by atoms with Crippen molar-refractivity contribution in [3.05, 3.63) is 33.8 Å². The van der Waals surface area contributed by atoms with E-state index >= 15 is 0 Å². The number of nitrogens with one attached hydrogen (secondary N) is 1. The van der Waals surface area contributed by atoms with Gasteiger partial charge in [0.15, 0.2) is 0 Å². The molecule has 4 heteroatoms. The third-order valence-electron chi connectivity index (χ3n) is 2.05. The third kappa shape index (κ3) is 4.09. The standard InChI is InChI=1S/C11H12Cl2N2/c1-8(4-5-14)15-7-9-6-10(12)2-3-11(9)13/h2-3,6,8,15H,4,7H2,1H3. The summed E-state index contributed by atoms with van der Waals surface area (Å²) in [6, 6.07) is 7.62. The molecule has 2 nitrogen and oxygen atoms in total. The maximum absolute atomic E-state index is 8.50. The molecule has 1 unspecified atom stereocenters. The van der Waals surface area contributed by atoms with Gasteiger partial charge in [-0.3, -0.25) is 0 Å². The maximum atomic E-state index is 8.50. The average Bonchev–Trinajstić information content (AvgIpc) is 2.20. The highest BCUT2D eigenvalue weighted by Crippen LogP contribution is 2.20. The predicted octanol–water partition coefficient (Wildman–Crippen LogP) is 3.39. The number of nitriles is 1. The Kier molecular flexibility index (Phi) is 4.90. The molecule has 0 aliphatic heterocycles. The van der Waals surface area contributed by atoms with E-state index in [1.807, 2.05) is 13.0 Å². The summed E-state index contributed by atoms with van der Waals surface area (Å²) in [7, 11) is 0. The second-order valence-electron chi connectivity index (χ2n) is 3.38. The van der Waals surface area contributed by atoms with Crippen LogP contribution < -0.4 is 5.32 Å². The Morgan fingerprint density at radius 2 is 2.20 bits per heavy atom. The zero-order chi connectivity index (χ0) is 11.3. The van der Waals surface area contributed by atoms with Crippen molar-refractivity contribution in [3.63, 3.8) is 0 Å². The summed E-state index contributed by atoms with van der Waals surface area (Å²) in [5.74, 6) is 0. The van der Waals surface area contributed by atoms with Gasteiger partial charge < -0.3 is 5.32 Å². The summed E-state index contributed by atoms with van der Waals surface area (Å²) < 4.78 is 0. The number of hydrogen-bond acceptors (Lipinski definition) is 2. The Balaban J connectivity index is 2.57. The first kappa shape index (κ1) is 12.3. The second-order valence-corrected chi connectivity index (χ2v) is 4.22. The molecule has 0 heterocycles. The summed E-state index contributed by atoms with van der Waals surface area (Å²) in [5, 5.41) is 13.1. The van der Waals surface area contributed by atoms with Crippen molar-refractivity contribution in [1.82, 2.24) is 5.32 Å². The predicted molar refractivity (Wildman–Crippen MR) is 63.0 cm³/mol. The Bertz CT molecular complexity index is 371. The Labute approximate surface area is 99.8 Å². The van der Waals surface area contributed by atoms with Gasteiger partial charge in [-0.05, 0) is 30.7 Å².